The van der Waals surface area contributed by atoms with Crippen molar-refractivity contribution in [1.82, 2.24) is 24.9 Å². The SMILES string of the molecule is CCn1cc([C@H]2OCC[C@@H]2CNCc2ccccc2-n2cccn2)cn1. The topological polar surface area (TPSA) is 56.9 Å². The molecule has 26 heavy (non-hydrogen) atoms. The lowest BCUT2D eigenvalue weighted by Gasteiger charge is -2.18. The first-order valence-electron chi connectivity index (χ1n) is 9.27. The van der Waals surface area contributed by atoms with E-state index in [0.29, 0.717) is 5.92 Å². The molecule has 0 unspecified atom stereocenters. The van der Waals surface area contributed by atoms with Crippen molar-refractivity contribution >= 4 is 0 Å². The van der Waals surface area contributed by atoms with Crippen LogP contribution in [-0.4, -0.2) is 32.7 Å². The summed E-state index contributed by atoms with van der Waals surface area (Å²) in [5, 5.41) is 12.4. The van der Waals surface area contributed by atoms with E-state index in [0.717, 1.165) is 38.3 Å². The first-order chi connectivity index (χ1) is 12.8. The van der Waals surface area contributed by atoms with Crippen molar-refractivity contribution in [2.45, 2.75) is 32.5 Å². The molecule has 1 aliphatic heterocycles. The number of benzene rings is 1. The van der Waals surface area contributed by atoms with Gasteiger partial charge in [0.25, 0.3) is 0 Å². The normalized spacial score (nSPS) is 19.9. The quantitative estimate of drug-likeness (QED) is 0.711. The Bertz CT molecular complexity index is 826. The predicted octanol–water partition coefficient (Wildman–Crippen LogP) is 2.96. The molecule has 2 atom stereocenters. The molecule has 0 spiro atoms. The van der Waals surface area contributed by atoms with Crippen LogP contribution in [-0.2, 0) is 17.8 Å². The lowest BCUT2D eigenvalue weighted by molar-refractivity contribution is 0.0904. The molecule has 0 saturated carbocycles. The zero-order valence-electron chi connectivity index (χ0n) is 15.1. The molecule has 1 aliphatic rings. The Kier molecular flexibility index (Phi) is 5.13. The average molecular weight is 351 g/mol. The molecule has 3 heterocycles. The van der Waals surface area contributed by atoms with Gasteiger partial charge >= 0.3 is 0 Å². The van der Waals surface area contributed by atoms with Crippen LogP contribution in [0.1, 0.15) is 30.6 Å². The van der Waals surface area contributed by atoms with E-state index in [2.05, 4.69) is 46.8 Å². The fourth-order valence-electron chi connectivity index (χ4n) is 3.60. The maximum Gasteiger partial charge on any atom is 0.0896 e. The summed E-state index contributed by atoms with van der Waals surface area (Å²) in [6.07, 6.45) is 9.06. The minimum atomic E-state index is 0.143. The standard InChI is InChI=1S/C20H25N5O/c1-2-24-15-18(14-23-24)20-17(8-11-26-20)13-21-12-16-6-3-4-7-19(16)25-10-5-9-22-25/h3-7,9-10,14-15,17,20-21H,2,8,11-13H2,1H3/t17-,20+/m1/s1. The van der Waals surface area contributed by atoms with Crippen LogP contribution in [0.4, 0.5) is 0 Å². The van der Waals surface area contributed by atoms with E-state index in [-0.39, 0.29) is 6.10 Å². The smallest absolute Gasteiger partial charge is 0.0896 e. The highest BCUT2D eigenvalue weighted by atomic mass is 16.5. The molecule has 0 aliphatic carbocycles. The summed E-state index contributed by atoms with van der Waals surface area (Å²) in [6, 6.07) is 10.3. The molecule has 6 heteroatoms. The van der Waals surface area contributed by atoms with Gasteiger partial charge in [-0.3, -0.25) is 4.68 Å². The van der Waals surface area contributed by atoms with Gasteiger partial charge in [0.15, 0.2) is 0 Å². The number of nitrogens with one attached hydrogen (secondary N) is 1. The van der Waals surface area contributed by atoms with Gasteiger partial charge in [0.1, 0.15) is 0 Å². The molecule has 1 N–H and O–H groups in total. The van der Waals surface area contributed by atoms with Crippen LogP contribution < -0.4 is 5.32 Å². The molecule has 136 valence electrons. The largest absolute Gasteiger partial charge is 0.373 e. The van der Waals surface area contributed by atoms with E-state index in [4.69, 9.17) is 4.74 Å². The first kappa shape index (κ1) is 17.0. The van der Waals surface area contributed by atoms with E-state index in [1.807, 2.05) is 33.9 Å². The molecule has 3 aromatic rings. The fraction of sp³-hybridized carbons (Fsp3) is 0.400. The van der Waals surface area contributed by atoms with E-state index >= 15 is 0 Å². The monoisotopic (exact) mass is 351 g/mol. The fourth-order valence-corrected chi connectivity index (χ4v) is 3.60. The van der Waals surface area contributed by atoms with E-state index < -0.39 is 0 Å². The van der Waals surface area contributed by atoms with Crippen LogP contribution in [0.5, 0.6) is 0 Å². The Morgan fingerprint density at radius 3 is 2.96 bits per heavy atom. The number of ether oxygens (including phenoxy) is 1. The summed E-state index contributed by atoms with van der Waals surface area (Å²) >= 11 is 0. The van der Waals surface area contributed by atoms with Crippen molar-refractivity contribution in [3.8, 4) is 5.69 Å². The number of nitrogens with zero attached hydrogens (tertiary/aromatic N) is 4. The van der Waals surface area contributed by atoms with Gasteiger partial charge in [0.2, 0.25) is 0 Å². The van der Waals surface area contributed by atoms with Gasteiger partial charge in [0.05, 0.1) is 18.0 Å². The van der Waals surface area contributed by atoms with Crippen molar-refractivity contribution in [3.05, 3.63) is 66.2 Å². The molecule has 0 amide bonds. The Morgan fingerprint density at radius 1 is 1.23 bits per heavy atom. The molecule has 0 bridgehead atoms. The van der Waals surface area contributed by atoms with Crippen molar-refractivity contribution in [2.75, 3.05) is 13.2 Å². The van der Waals surface area contributed by atoms with Crippen LogP contribution in [0, 0.1) is 5.92 Å². The third kappa shape index (κ3) is 3.57. The van der Waals surface area contributed by atoms with Gasteiger partial charge in [-0.2, -0.15) is 10.2 Å². The maximum absolute atomic E-state index is 5.99. The van der Waals surface area contributed by atoms with Crippen LogP contribution >= 0.6 is 0 Å². The highest BCUT2D eigenvalue weighted by molar-refractivity contribution is 5.40. The minimum Gasteiger partial charge on any atom is -0.373 e. The highest BCUT2D eigenvalue weighted by Gasteiger charge is 2.30. The van der Waals surface area contributed by atoms with Crippen LogP contribution in [0.2, 0.25) is 0 Å². The van der Waals surface area contributed by atoms with Gasteiger partial charge in [-0.15, -0.1) is 0 Å². The van der Waals surface area contributed by atoms with Crippen molar-refractivity contribution < 1.29 is 4.74 Å². The lowest BCUT2D eigenvalue weighted by atomic mass is 9.97. The maximum atomic E-state index is 5.99. The lowest BCUT2D eigenvalue weighted by Crippen LogP contribution is -2.25. The molecule has 2 aromatic heterocycles. The van der Waals surface area contributed by atoms with E-state index in [1.165, 1.54) is 11.1 Å². The summed E-state index contributed by atoms with van der Waals surface area (Å²) in [6.45, 7) is 5.54. The van der Waals surface area contributed by atoms with Crippen molar-refractivity contribution in [1.29, 1.82) is 0 Å². The summed E-state index contributed by atoms with van der Waals surface area (Å²) in [5.74, 6) is 0.473. The summed E-state index contributed by atoms with van der Waals surface area (Å²) in [4.78, 5) is 0. The van der Waals surface area contributed by atoms with Gasteiger partial charge < -0.3 is 10.1 Å². The molecule has 0 radical (unpaired) electrons. The van der Waals surface area contributed by atoms with Gasteiger partial charge in [-0.05, 0) is 31.0 Å². The van der Waals surface area contributed by atoms with Gasteiger partial charge in [0, 0.05) is 56.3 Å². The molecule has 1 aromatic carbocycles. The average Bonchev–Trinajstić information content (AvgIpc) is 3.43. The molecular weight excluding hydrogens is 326 g/mol. The van der Waals surface area contributed by atoms with Gasteiger partial charge in [-0.1, -0.05) is 18.2 Å². The molecule has 4 rings (SSSR count). The van der Waals surface area contributed by atoms with Crippen molar-refractivity contribution in [3.63, 3.8) is 0 Å². The Balaban J connectivity index is 1.39. The van der Waals surface area contributed by atoms with E-state index in [1.54, 1.807) is 6.20 Å². The number of aromatic nitrogens is 4. The Labute approximate surface area is 153 Å². The number of hydrogen-bond donors (Lipinski definition) is 1. The Morgan fingerprint density at radius 2 is 2.15 bits per heavy atom. The number of para-hydroxylation sites is 1. The van der Waals surface area contributed by atoms with Gasteiger partial charge in [-0.25, -0.2) is 4.68 Å². The first-order valence-corrected chi connectivity index (χ1v) is 9.27. The highest BCUT2D eigenvalue weighted by Crippen LogP contribution is 2.33. The van der Waals surface area contributed by atoms with Crippen LogP contribution in [0.15, 0.2) is 55.1 Å². The molecular formula is C20H25N5O. The Hall–Kier alpha value is -2.44. The molecule has 1 saturated heterocycles. The summed E-state index contributed by atoms with van der Waals surface area (Å²) < 4.78 is 9.86. The predicted molar refractivity (Wildman–Crippen MR) is 100.0 cm³/mol. The second-order valence-corrected chi connectivity index (χ2v) is 6.68. The summed E-state index contributed by atoms with van der Waals surface area (Å²) in [7, 11) is 0. The van der Waals surface area contributed by atoms with Crippen LogP contribution in [0.3, 0.4) is 0 Å². The molecule has 6 nitrogen and oxygen atoms in total. The zero-order chi connectivity index (χ0) is 17.8. The zero-order valence-corrected chi connectivity index (χ0v) is 15.1. The van der Waals surface area contributed by atoms with Crippen molar-refractivity contribution in [2.24, 2.45) is 5.92 Å². The number of hydrogen-bond acceptors (Lipinski definition) is 4. The third-order valence-electron chi connectivity index (χ3n) is 4.98. The summed E-state index contributed by atoms with van der Waals surface area (Å²) in [5.41, 5.74) is 3.55. The molecule has 1 fully saturated rings. The minimum absolute atomic E-state index is 0.143. The second kappa shape index (κ2) is 7.85. The number of aryl methyl sites for hydroxylation is 1. The van der Waals surface area contributed by atoms with E-state index in [9.17, 15) is 0 Å². The number of rotatable bonds is 7. The second-order valence-electron chi connectivity index (χ2n) is 6.68. The third-order valence-corrected chi connectivity index (χ3v) is 4.98. The van der Waals surface area contributed by atoms with Crippen LogP contribution in [0.25, 0.3) is 5.69 Å².